The number of rotatable bonds is 3. The maximum absolute atomic E-state index is 11.7. The molecule has 0 spiro atoms. The van der Waals surface area contributed by atoms with Gasteiger partial charge in [0, 0.05) is 12.4 Å². The zero-order valence-electron chi connectivity index (χ0n) is 11.8. The second-order valence-electron chi connectivity index (χ2n) is 3.32. The summed E-state index contributed by atoms with van der Waals surface area (Å²) in [5.74, 6) is -1.73. The van der Waals surface area contributed by atoms with Crippen molar-refractivity contribution >= 4 is 49.7 Å². The minimum absolute atomic E-state index is 0. The fourth-order valence-electron chi connectivity index (χ4n) is 1.27. The van der Waals surface area contributed by atoms with E-state index in [1.807, 2.05) is 0 Å². The Morgan fingerprint density at radius 1 is 1.21 bits per heavy atom. The van der Waals surface area contributed by atoms with Crippen LogP contribution in [0.15, 0.2) is 42.9 Å². The van der Waals surface area contributed by atoms with E-state index >= 15 is 0 Å². The summed E-state index contributed by atoms with van der Waals surface area (Å²) in [7, 11) is 0. The monoisotopic (exact) mass is 286 g/mol. The second kappa shape index (κ2) is 7.18. The van der Waals surface area contributed by atoms with Crippen molar-refractivity contribution in [2.75, 3.05) is 0 Å². The minimum Gasteiger partial charge on any atom is -1.00 e. The van der Waals surface area contributed by atoms with Crippen LogP contribution in [0.25, 0.3) is 0 Å². The van der Waals surface area contributed by atoms with Crippen molar-refractivity contribution in [3.05, 3.63) is 54.0 Å². The molecule has 0 saturated heterocycles. The molecule has 94 valence electrons. The number of aromatic nitrogens is 2. The van der Waals surface area contributed by atoms with Crippen LogP contribution in [0.2, 0.25) is 0 Å². The first-order valence-electron chi connectivity index (χ1n) is 4.98. The Labute approximate surface area is 141 Å². The van der Waals surface area contributed by atoms with Crippen LogP contribution >= 0.6 is 0 Å². The van der Waals surface area contributed by atoms with Crippen LogP contribution in [0, 0.1) is 0 Å². The molecule has 0 atom stereocenters. The van der Waals surface area contributed by atoms with Crippen LogP contribution in [-0.2, 0) is 0 Å². The molecule has 0 fully saturated rings. The molecule has 1 aromatic carbocycles. The van der Waals surface area contributed by atoms with E-state index in [0.717, 1.165) is 0 Å². The fraction of sp³-hybridized carbons (Fsp3) is 0. The summed E-state index contributed by atoms with van der Waals surface area (Å²) in [6.07, 6.45) is 4.12. The van der Waals surface area contributed by atoms with Gasteiger partial charge in [-0.05, 0) is 18.2 Å². The van der Waals surface area contributed by atoms with Crippen molar-refractivity contribution in [2.45, 2.75) is 0 Å². The number of hydrogen-bond acceptors (Lipinski definition) is 5. The summed E-state index contributed by atoms with van der Waals surface area (Å²) in [5.41, 5.74) is 0.157. The van der Waals surface area contributed by atoms with Crippen molar-refractivity contribution < 1.29 is 22.3 Å². The third-order valence-corrected chi connectivity index (χ3v) is 2.08. The van der Waals surface area contributed by atoms with Gasteiger partial charge in [0.15, 0.2) is 0 Å². The van der Waals surface area contributed by atoms with Gasteiger partial charge >= 0.3 is 49.7 Å². The van der Waals surface area contributed by atoms with E-state index in [4.69, 9.17) is 9.84 Å². The predicted molar refractivity (Wildman–Crippen MR) is 68.4 cm³/mol. The van der Waals surface area contributed by atoms with Gasteiger partial charge in [0.2, 0.25) is 5.88 Å². The number of ether oxygens (including phenoxy) is 1. The van der Waals surface area contributed by atoms with Crippen LogP contribution < -0.4 is 4.74 Å². The van der Waals surface area contributed by atoms with Crippen LogP contribution in [0.5, 0.6) is 5.88 Å². The summed E-state index contributed by atoms with van der Waals surface area (Å²) in [6.45, 7) is 0. The molecule has 0 amide bonds. The summed E-state index contributed by atoms with van der Waals surface area (Å²) < 4.78 is 4.93. The normalized spacial score (nSPS) is 9.26. The van der Waals surface area contributed by atoms with E-state index in [9.17, 15) is 9.59 Å². The molecule has 7 heteroatoms. The summed E-state index contributed by atoms with van der Waals surface area (Å²) in [4.78, 5) is 30.0. The minimum atomic E-state index is -1.11. The Hall–Kier alpha value is -1.50. The maximum Gasteiger partial charge on any atom is 2.00 e. The third-order valence-electron chi connectivity index (χ3n) is 2.08. The number of benzene rings is 1. The number of nitrogens with zero attached hydrogens (tertiary/aromatic N) is 2. The van der Waals surface area contributed by atoms with Crippen molar-refractivity contribution in [1.29, 1.82) is 0 Å². The zero-order chi connectivity index (χ0) is 13.0. The molecule has 1 heterocycles. The summed E-state index contributed by atoms with van der Waals surface area (Å²) >= 11 is 0. The van der Waals surface area contributed by atoms with Crippen molar-refractivity contribution in [2.24, 2.45) is 0 Å². The van der Waals surface area contributed by atoms with Gasteiger partial charge in [-0.15, -0.1) is 0 Å². The van der Waals surface area contributed by atoms with Gasteiger partial charge in [0.1, 0.15) is 0 Å². The number of aromatic carboxylic acids is 1. The van der Waals surface area contributed by atoms with E-state index in [1.165, 1.54) is 42.9 Å². The SMILES string of the molecule is O=C(O)c1cccc(C(=O)Oc2cnccn2)c1.[Ca+2].[H-].[H-]. The van der Waals surface area contributed by atoms with Gasteiger partial charge in [-0.25, -0.2) is 14.6 Å². The Bertz CT molecular complexity index is 599. The number of carboxylic acids is 1. The van der Waals surface area contributed by atoms with Gasteiger partial charge in [-0.1, -0.05) is 6.07 Å². The average molecular weight is 286 g/mol. The van der Waals surface area contributed by atoms with E-state index in [-0.39, 0.29) is 57.6 Å². The standard InChI is InChI=1S/C12H8N2O4.Ca.2H/c15-11(16)8-2-1-3-9(6-8)12(17)18-10-7-13-4-5-14-10;;;/h1-7H,(H,15,16);;;/q;+2;2*-1. The maximum atomic E-state index is 11.7. The fourth-order valence-corrected chi connectivity index (χ4v) is 1.27. The molecule has 0 bridgehead atoms. The molecule has 6 nitrogen and oxygen atoms in total. The second-order valence-corrected chi connectivity index (χ2v) is 3.32. The summed E-state index contributed by atoms with van der Waals surface area (Å²) in [6, 6.07) is 5.56. The molecule has 1 N–H and O–H groups in total. The van der Waals surface area contributed by atoms with E-state index in [1.54, 1.807) is 0 Å². The van der Waals surface area contributed by atoms with Crippen LogP contribution in [0.4, 0.5) is 0 Å². The van der Waals surface area contributed by atoms with Crippen LogP contribution in [0.1, 0.15) is 23.6 Å². The molecule has 0 radical (unpaired) electrons. The molecule has 0 unspecified atom stereocenters. The number of esters is 1. The first-order valence-corrected chi connectivity index (χ1v) is 4.98. The molecule has 0 aliphatic rings. The average Bonchev–Trinajstić information content (AvgIpc) is 2.40. The van der Waals surface area contributed by atoms with E-state index < -0.39 is 11.9 Å². The molecule has 0 saturated carbocycles. The van der Waals surface area contributed by atoms with Crippen LogP contribution in [0.3, 0.4) is 0 Å². The van der Waals surface area contributed by atoms with Crippen molar-refractivity contribution in [3.63, 3.8) is 0 Å². The predicted octanol–water partition coefficient (Wildman–Crippen LogP) is 1.24. The van der Waals surface area contributed by atoms with Gasteiger partial charge in [0.25, 0.3) is 0 Å². The Morgan fingerprint density at radius 2 is 1.95 bits per heavy atom. The molecule has 19 heavy (non-hydrogen) atoms. The van der Waals surface area contributed by atoms with Gasteiger partial charge < -0.3 is 12.7 Å². The molecule has 0 aliphatic carbocycles. The largest absolute Gasteiger partial charge is 2.00 e. The van der Waals surface area contributed by atoms with Crippen LogP contribution in [-0.4, -0.2) is 64.8 Å². The Balaban J connectivity index is 0. The van der Waals surface area contributed by atoms with Gasteiger partial charge in [-0.2, -0.15) is 0 Å². The molecule has 2 rings (SSSR count). The van der Waals surface area contributed by atoms with Gasteiger partial charge in [-0.3, -0.25) is 4.98 Å². The quantitative estimate of drug-likeness (QED) is 0.674. The van der Waals surface area contributed by atoms with Crippen molar-refractivity contribution in [1.82, 2.24) is 9.97 Å². The smallest absolute Gasteiger partial charge is 1.00 e. The molecule has 2 aromatic rings. The molecular weight excluding hydrogens is 276 g/mol. The Kier molecular flexibility index (Phi) is 5.88. The number of carbonyl (C=O) groups is 2. The molecule has 1 aromatic heterocycles. The first-order chi connectivity index (χ1) is 8.66. The Morgan fingerprint density at radius 3 is 2.58 bits per heavy atom. The number of hydrogen-bond donors (Lipinski definition) is 1. The topological polar surface area (TPSA) is 89.4 Å². The van der Waals surface area contributed by atoms with Crippen molar-refractivity contribution in [3.8, 4) is 5.88 Å². The number of carboxylic acid groups (broad SMARTS) is 1. The van der Waals surface area contributed by atoms with E-state index in [0.29, 0.717) is 0 Å². The first kappa shape index (κ1) is 15.6. The summed E-state index contributed by atoms with van der Waals surface area (Å²) in [5, 5.41) is 8.81. The third kappa shape index (κ3) is 4.27. The number of carbonyl (C=O) groups excluding carboxylic acids is 1. The molecular formula is C12H10CaN2O4. The van der Waals surface area contributed by atoms with E-state index in [2.05, 4.69) is 9.97 Å². The zero-order valence-corrected chi connectivity index (χ0v) is 12.0. The molecule has 0 aliphatic heterocycles. The van der Waals surface area contributed by atoms with Gasteiger partial charge in [0.05, 0.1) is 17.3 Å².